The number of aliphatic hydroxyl groups excluding tert-OH is 1. The third-order valence-corrected chi connectivity index (χ3v) is 3.09. The quantitative estimate of drug-likeness (QED) is 0.710. The molecule has 0 aliphatic rings. The van der Waals surface area contributed by atoms with E-state index < -0.39 is 11.9 Å². The van der Waals surface area contributed by atoms with Gasteiger partial charge in [-0.25, -0.2) is 9.37 Å². The second kappa shape index (κ2) is 7.92. The second-order valence-electron chi connectivity index (χ2n) is 4.77. The van der Waals surface area contributed by atoms with Crippen molar-refractivity contribution in [2.75, 3.05) is 18.4 Å². The highest BCUT2D eigenvalue weighted by Crippen LogP contribution is 2.15. The summed E-state index contributed by atoms with van der Waals surface area (Å²) in [6.45, 7) is 0.317. The molecule has 1 atom stereocenters. The number of hydrogen-bond acceptors (Lipinski definition) is 4. The largest absolute Gasteiger partial charge is 0.387 e. The Morgan fingerprint density at radius 2 is 2.22 bits per heavy atom. The van der Waals surface area contributed by atoms with Gasteiger partial charge in [0.1, 0.15) is 11.6 Å². The molecule has 0 saturated carbocycles. The van der Waals surface area contributed by atoms with Gasteiger partial charge in [0.2, 0.25) is 0 Å². The number of carbonyl (C=O) groups excluding carboxylic acids is 1. The lowest BCUT2D eigenvalue weighted by Gasteiger charge is -2.13. The monoisotopic (exact) mass is 313 g/mol. The number of carbonyl (C=O) groups is 1. The van der Waals surface area contributed by atoms with Crippen LogP contribution in [0, 0.1) is 18.2 Å². The van der Waals surface area contributed by atoms with E-state index in [-0.39, 0.29) is 19.0 Å². The van der Waals surface area contributed by atoms with Crippen molar-refractivity contribution in [2.45, 2.75) is 6.10 Å². The summed E-state index contributed by atoms with van der Waals surface area (Å²) < 4.78 is 13.1. The summed E-state index contributed by atoms with van der Waals surface area (Å²) in [6.07, 6.45) is 5.60. The minimum atomic E-state index is -0.869. The molecule has 0 radical (unpaired) electrons. The molecule has 23 heavy (non-hydrogen) atoms. The van der Waals surface area contributed by atoms with Crippen molar-refractivity contribution in [1.29, 1.82) is 0 Å². The van der Waals surface area contributed by atoms with Gasteiger partial charge in [0.15, 0.2) is 0 Å². The maximum absolute atomic E-state index is 13.1. The van der Waals surface area contributed by atoms with Crippen molar-refractivity contribution in [3.8, 4) is 12.3 Å². The summed E-state index contributed by atoms with van der Waals surface area (Å²) in [5.41, 5.74) is 0.860. The number of amides is 1. The molecule has 0 aliphatic heterocycles. The van der Waals surface area contributed by atoms with Crippen molar-refractivity contribution in [3.05, 3.63) is 59.5 Å². The van der Waals surface area contributed by atoms with E-state index in [0.717, 1.165) is 0 Å². The van der Waals surface area contributed by atoms with Crippen LogP contribution in [0.4, 0.5) is 10.2 Å². The molecule has 5 nitrogen and oxygen atoms in total. The Morgan fingerprint density at radius 1 is 1.39 bits per heavy atom. The summed E-state index contributed by atoms with van der Waals surface area (Å²) in [4.78, 5) is 15.7. The molecule has 1 amide bonds. The third kappa shape index (κ3) is 4.80. The van der Waals surface area contributed by atoms with Crippen molar-refractivity contribution < 1.29 is 14.3 Å². The van der Waals surface area contributed by atoms with Crippen molar-refractivity contribution in [1.82, 2.24) is 10.3 Å². The van der Waals surface area contributed by atoms with E-state index in [2.05, 4.69) is 21.5 Å². The molecule has 6 heteroatoms. The summed E-state index contributed by atoms with van der Waals surface area (Å²) in [7, 11) is 0. The lowest BCUT2D eigenvalue weighted by Crippen LogP contribution is -2.23. The Bertz CT molecular complexity index is 711. The maximum atomic E-state index is 13.1. The Balaban J connectivity index is 1.91. The number of nitrogens with zero attached hydrogens (tertiary/aromatic N) is 1. The number of pyridine rings is 1. The molecule has 0 saturated heterocycles. The highest BCUT2D eigenvalue weighted by atomic mass is 19.1. The topological polar surface area (TPSA) is 74.2 Å². The number of benzene rings is 1. The number of aliphatic hydroxyl groups is 1. The maximum Gasteiger partial charge on any atom is 0.253 e. The molecule has 0 spiro atoms. The van der Waals surface area contributed by atoms with Crippen molar-refractivity contribution in [2.24, 2.45) is 0 Å². The van der Waals surface area contributed by atoms with Gasteiger partial charge in [-0.2, -0.15) is 0 Å². The van der Waals surface area contributed by atoms with Crippen LogP contribution in [0.5, 0.6) is 0 Å². The molecule has 3 N–H and O–H groups in total. The first-order chi connectivity index (χ1) is 11.1. The zero-order chi connectivity index (χ0) is 16.7. The van der Waals surface area contributed by atoms with E-state index in [0.29, 0.717) is 16.9 Å². The van der Waals surface area contributed by atoms with Gasteiger partial charge in [-0.05, 0) is 29.8 Å². The van der Waals surface area contributed by atoms with E-state index in [1.54, 1.807) is 18.2 Å². The van der Waals surface area contributed by atoms with E-state index in [1.165, 1.54) is 24.4 Å². The zero-order valence-electron chi connectivity index (χ0n) is 12.3. The first-order valence-electron chi connectivity index (χ1n) is 6.95. The molecule has 2 rings (SSSR count). The SMILES string of the molecule is C#CCNC(=O)c1ccc(NCC(O)c2cccc(F)c2)nc1. The van der Waals surface area contributed by atoms with E-state index >= 15 is 0 Å². The minimum absolute atomic E-state index is 0.151. The van der Waals surface area contributed by atoms with Crippen molar-refractivity contribution in [3.63, 3.8) is 0 Å². The predicted octanol–water partition coefficient (Wildman–Crippen LogP) is 1.73. The highest BCUT2D eigenvalue weighted by molar-refractivity contribution is 5.94. The van der Waals surface area contributed by atoms with Crippen molar-refractivity contribution >= 4 is 11.7 Å². The Hall–Kier alpha value is -2.91. The molecular weight excluding hydrogens is 297 g/mol. The highest BCUT2D eigenvalue weighted by Gasteiger charge is 2.09. The Labute approximate surface area is 133 Å². The number of rotatable bonds is 6. The minimum Gasteiger partial charge on any atom is -0.387 e. The van der Waals surface area contributed by atoms with E-state index in [4.69, 9.17) is 6.42 Å². The van der Waals surface area contributed by atoms with Gasteiger partial charge >= 0.3 is 0 Å². The molecule has 118 valence electrons. The number of anilines is 1. The van der Waals surface area contributed by atoms with Gasteiger partial charge in [0, 0.05) is 12.7 Å². The van der Waals surface area contributed by atoms with Crippen LogP contribution in [0.2, 0.25) is 0 Å². The Kier molecular flexibility index (Phi) is 5.67. The Morgan fingerprint density at radius 3 is 2.87 bits per heavy atom. The summed E-state index contributed by atoms with van der Waals surface area (Å²) >= 11 is 0. The van der Waals surface area contributed by atoms with Crippen LogP contribution in [0.15, 0.2) is 42.6 Å². The standard InChI is InChI=1S/C17H16FN3O2/c1-2-8-19-17(23)13-6-7-16(20-10-13)21-11-15(22)12-4-3-5-14(18)9-12/h1,3-7,9-10,15,22H,8,11H2,(H,19,23)(H,20,21). The predicted molar refractivity (Wildman–Crippen MR) is 85.3 cm³/mol. The summed E-state index contributed by atoms with van der Waals surface area (Å²) in [5.74, 6) is 2.10. The number of terminal acetylenes is 1. The van der Waals surface area contributed by atoms with Gasteiger partial charge in [-0.1, -0.05) is 18.1 Å². The fourth-order valence-electron chi connectivity index (χ4n) is 1.90. The molecule has 1 aromatic carbocycles. The molecule has 0 aliphatic carbocycles. The number of aromatic nitrogens is 1. The number of nitrogens with one attached hydrogen (secondary N) is 2. The van der Waals surface area contributed by atoms with Crippen LogP contribution in [-0.2, 0) is 0 Å². The van der Waals surface area contributed by atoms with E-state index in [9.17, 15) is 14.3 Å². The first-order valence-corrected chi connectivity index (χ1v) is 6.95. The molecule has 1 unspecified atom stereocenters. The normalized spacial score (nSPS) is 11.3. The molecule has 1 aromatic heterocycles. The summed E-state index contributed by atoms with van der Waals surface area (Å²) in [5, 5.41) is 15.5. The lowest BCUT2D eigenvalue weighted by atomic mass is 10.1. The summed E-state index contributed by atoms with van der Waals surface area (Å²) in [6, 6.07) is 8.98. The lowest BCUT2D eigenvalue weighted by molar-refractivity contribution is 0.0958. The van der Waals surface area contributed by atoms with Gasteiger partial charge in [0.05, 0.1) is 18.2 Å². The zero-order valence-corrected chi connectivity index (χ0v) is 12.3. The average Bonchev–Trinajstić information content (AvgIpc) is 2.58. The van der Waals surface area contributed by atoms with Crippen LogP contribution in [0.1, 0.15) is 22.0 Å². The van der Waals surface area contributed by atoms with Crippen LogP contribution in [-0.4, -0.2) is 29.1 Å². The fraction of sp³-hybridized carbons (Fsp3) is 0.176. The van der Waals surface area contributed by atoms with Crippen LogP contribution >= 0.6 is 0 Å². The molecule has 0 bridgehead atoms. The second-order valence-corrected chi connectivity index (χ2v) is 4.77. The molecule has 0 fully saturated rings. The average molecular weight is 313 g/mol. The van der Waals surface area contributed by atoms with Gasteiger partial charge < -0.3 is 15.7 Å². The number of hydrogen-bond donors (Lipinski definition) is 3. The molecule has 2 aromatic rings. The van der Waals surface area contributed by atoms with Gasteiger partial charge in [0.25, 0.3) is 5.91 Å². The van der Waals surface area contributed by atoms with Gasteiger partial charge in [-0.15, -0.1) is 6.42 Å². The number of halogens is 1. The van der Waals surface area contributed by atoms with Crippen LogP contribution < -0.4 is 10.6 Å². The first kappa shape index (κ1) is 16.5. The third-order valence-electron chi connectivity index (χ3n) is 3.09. The van der Waals surface area contributed by atoms with E-state index in [1.807, 2.05) is 0 Å². The van der Waals surface area contributed by atoms with Gasteiger partial charge in [-0.3, -0.25) is 4.79 Å². The molecule has 1 heterocycles. The van der Waals surface area contributed by atoms with Crippen LogP contribution in [0.3, 0.4) is 0 Å². The molecular formula is C17H16FN3O2. The van der Waals surface area contributed by atoms with Crippen LogP contribution in [0.25, 0.3) is 0 Å². The fourth-order valence-corrected chi connectivity index (χ4v) is 1.90. The smallest absolute Gasteiger partial charge is 0.253 e.